The standard InChI is InChI=1S/C16H23NO3/c1-3-20-16-7-6-13(12(2)18)9-14(16)10-17-8-4-5-15(19)11-17/h6-7,9,15,19H,3-5,8,10-11H2,1-2H3. The number of piperidine rings is 1. The second-order valence-corrected chi connectivity index (χ2v) is 5.34. The Morgan fingerprint density at radius 1 is 1.50 bits per heavy atom. The summed E-state index contributed by atoms with van der Waals surface area (Å²) in [6.07, 6.45) is 1.65. The SMILES string of the molecule is CCOc1ccc(C(C)=O)cc1CN1CCCC(O)C1. The lowest BCUT2D eigenvalue weighted by Gasteiger charge is -2.30. The molecule has 4 heteroatoms. The number of likely N-dealkylation sites (tertiary alicyclic amines) is 1. The summed E-state index contributed by atoms with van der Waals surface area (Å²) in [4.78, 5) is 13.7. The van der Waals surface area contributed by atoms with E-state index in [1.807, 2.05) is 25.1 Å². The number of carbonyl (C=O) groups excluding carboxylic acids is 1. The van der Waals surface area contributed by atoms with E-state index in [9.17, 15) is 9.90 Å². The highest BCUT2D eigenvalue weighted by molar-refractivity contribution is 5.94. The van der Waals surface area contributed by atoms with Gasteiger partial charge in [-0.2, -0.15) is 0 Å². The number of aliphatic hydroxyl groups is 1. The lowest BCUT2D eigenvalue weighted by Crippen LogP contribution is -2.37. The van der Waals surface area contributed by atoms with Gasteiger partial charge in [-0.1, -0.05) is 0 Å². The second-order valence-electron chi connectivity index (χ2n) is 5.34. The van der Waals surface area contributed by atoms with Gasteiger partial charge in [0.15, 0.2) is 5.78 Å². The molecule has 1 saturated heterocycles. The van der Waals surface area contributed by atoms with Crippen LogP contribution in [0.3, 0.4) is 0 Å². The predicted molar refractivity (Wildman–Crippen MR) is 78.1 cm³/mol. The largest absolute Gasteiger partial charge is 0.494 e. The van der Waals surface area contributed by atoms with Crippen molar-refractivity contribution in [2.24, 2.45) is 0 Å². The third kappa shape index (κ3) is 3.81. The van der Waals surface area contributed by atoms with Crippen molar-refractivity contribution in [1.29, 1.82) is 0 Å². The van der Waals surface area contributed by atoms with Gasteiger partial charge in [-0.15, -0.1) is 0 Å². The normalized spacial score (nSPS) is 19.9. The molecule has 1 atom stereocenters. The van der Waals surface area contributed by atoms with Crippen LogP contribution >= 0.6 is 0 Å². The maximum atomic E-state index is 11.5. The molecule has 1 N–H and O–H groups in total. The van der Waals surface area contributed by atoms with Gasteiger partial charge in [-0.3, -0.25) is 9.69 Å². The third-order valence-electron chi connectivity index (χ3n) is 3.64. The number of carbonyl (C=O) groups is 1. The van der Waals surface area contributed by atoms with E-state index < -0.39 is 0 Å². The van der Waals surface area contributed by atoms with Crippen LogP contribution in [0.2, 0.25) is 0 Å². The van der Waals surface area contributed by atoms with Crippen LogP contribution in [0.4, 0.5) is 0 Å². The smallest absolute Gasteiger partial charge is 0.159 e. The van der Waals surface area contributed by atoms with Crippen LogP contribution in [0.15, 0.2) is 18.2 Å². The van der Waals surface area contributed by atoms with Crippen LogP contribution in [-0.4, -0.2) is 41.6 Å². The quantitative estimate of drug-likeness (QED) is 0.839. The van der Waals surface area contributed by atoms with E-state index in [2.05, 4.69) is 4.90 Å². The lowest BCUT2D eigenvalue weighted by atomic mass is 10.0. The molecule has 0 aromatic heterocycles. The van der Waals surface area contributed by atoms with Crippen molar-refractivity contribution in [3.8, 4) is 5.75 Å². The summed E-state index contributed by atoms with van der Waals surface area (Å²) in [5.74, 6) is 0.894. The number of benzene rings is 1. The fourth-order valence-corrected chi connectivity index (χ4v) is 2.63. The average Bonchev–Trinajstić information content (AvgIpc) is 2.41. The summed E-state index contributed by atoms with van der Waals surface area (Å²) in [6.45, 7) is 6.52. The first-order valence-electron chi connectivity index (χ1n) is 7.27. The molecule has 4 nitrogen and oxygen atoms in total. The zero-order valence-corrected chi connectivity index (χ0v) is 12.3. The molecule has 1 fully saturated rings. The summed E-state index contributed by atoms with van der Waals surface area (Å²) in [7, 11) is 0. The number of hydrogen-bond acceptors (Lipinski definition) is 4. The molecule has 0 radical (unpaired) electrons. The second kappa shape index (κ2) is 6.86. The maximum Gasteiger partial charge on any atom is 0.159 e. The molecule has 1 heterocycles. The topological polar surface area (TPSA) is 49.8 Å². The molecule has 0 spiro atoms. The van der Waals surface area contributed by atoms with Gasteiger partial charge in [-0.25, -0.2) is 0 Å². The number of β-amino-alcohol motifs (C(OH)–C–C–N with tert-alkyl or cyclic N) is 1. The third-order valence-corrected chi connectivity index (χ3v) is 3.64. The van der Waals surface area contributed by atoms with Gasteiger partial charge >= 0.3 is 0 Å². The van der Waals surface area contributed by atoms with Gasteiger partial charge in [0.1, 0.15) is 5.75 Å². The number of ketones is 1. The van der Waals surface area contributed by atoms with Gasteiger partial charge in [0.25, 0.3) is 0 Å². The van der Waals surface area contributed by atoms with Crippen LogP contribution in [0, 0.1) is 0 Å². The van der Waals surface area contributed by atoms with Gasteiger partial charge in [0.05, 0.1) is 12.7 Å². The Balaban J connectivity index is 2.18. The lowest BCUT2D eigenvalue weighted by molar-refractivity contribution is 0.0663. The molecule has 1 unspecified atom stereocenters. The molecule has 110 valence electrons. The maximum absolute atomic E-state index is 11.5. The van der Waals surface area contributed by atoms with E-state index >= 15 is 0 Å². The van der Waals surface area contributed by atoms with E-state index in [-0.39, 0.29) is 11.9 Å². The van der Waals surface area contributed by atoms with E-state index in [0.29, 0.717) is 25.3 Å². The Morgan fingerprint density at radius 2 is 2.30 bits per heavy atom. The molecule has 20 heavy (non-hydrogen) atoms. The molecule has 1 aliphatic rings. The van der Waals surface area contributed by atoms with Crippen LogP contribution in [0.25, 0.3) is 0 Å². The highest BCUT2D eigenvalue weighted by Crippen LogP contribution is 2.24. The summed E-state index contributed by atoms with van der Waals surface area (Å²) in [5.41, 5.74) is 1.73. The molecular formula is C16H23NO3. The fourth-order valence-electron chi connectivity index (χ4n) is 2.63. The first kappa shape index (κ1) is 15.0. The van der Waals surface area contributed by atoms with Crippen molar-refractivity contribution in [1.82, 2.24) is 4.90 Å². The molecule has 1 aliphatic heterocycles. The molecular weight excluding hydrogens is 254 g/mol. The first-order valence-corrected chi connectivity index (χ1v) is 7.27. The average molecular weight is 277 g/mol. The summed E-state index contributed by atoms with van der Waals surface area (Å²) >= 11 is 0. The van der Waals surface area contributed by atoms with Crippen molar-refractivity contribution in [3.63, 3.8) is 0 Å². The first-order chi connectivity index (χ1) is 9.60. The Labute approximate surface area is 120 Å². The number of aliphatic hydroxyl groups excluding tert-OH is 1. The number of nitrogens with zero attached hydrogens (tertiary/aromatic N) is 1. The summed E-state index contributed by atoms with van der Waals surface area (Å²) < 4.78 is 5.64. The van der Waals surface area contributed by atoms with Gasteiger partial charge in [0, 0.05) is 24.2 Å². The van der Waals surface area contributed by atoms with Gasteiger partial charge in [-0.05, 0) is 51.4 Å². The summed E-state index contributed by atoms with van der Waals surface area (Å²) in [5, 5.41) is 9.75. The van der Waals surface area contributed by atoms with Gasteiger partial charge in [0.2, 0.25) is 0 Å². The molecule has 0 bridgehead atoms. The van der Waals surface area contributed by atoms with Crippen LogP contribution in [-0.2, 0) is 6.54 Å². The van der Waals surface area contributed by atoms with Crippen molar-refractivity contribution < 1.29 is 14.6 Å². The Kier molecular flexibility index (Phi) is 5.15. The van der Waals surface area contributed by atoms with Crippen molar-refractivity contribution >= 4 is 5.78 Å². The number of Topliss-reactive ketones (excluding diaryl/α,β-unsaturated/α-hetero) is 1. The monoisotopic (exact) mass is 277 g/mol. The van der Waals surface area contributed by atoms with E-state index in [0.717, 1.165) is 30.7 Å². The molecule has 2 rings (SSSR count). The molecule has 1 aromatic carbocycles. The zero-order valence-electron chi connectivity index (χ0n) is 12.3. The Hall–Kier alpha value is -1.39. The molecule has 0 saturated carbocycles. The minimum Gasteiger partial charge on any atom is -0.494 e. The fraction of sp³-hybridized carbons (Fsp3) is 0.562. The van der Waals surface area contributed by atoms with E-state index in [1.165, 1.54) is 0 Å². The molecule has 0 amide bonds. The van der Waals surface area contributed by atoms with E-state index in [4.69, 9.17) is 4.74 Å². The van der Waals surface area contributed by atoms with Crippen LogP contribution in [0.5, 0.6) is 5.75 Å². The van der Waals surface area contributed by atoms with Crippen LogP contribution in [0.1, 0.15) is 42.6 Å². The predicted octanol–water partition coefficient (Wildman–Crippen LogP) is 2.24. The highest BCUT2D eigenvalue weighted by Gasteiger charge is 2.19. The number of hydrogen-bond donors (Lipinski definition) is 1. The Morgan fingerprint density at radius 3 is 2.95 bits per heavy atom. The highest BCUT2D eigenvalue weighted by atomic mass is 16.5. The molecule has 1 aromatic rings. The van der Waals surface area contributed by atoms with Gasteiger partial charge < -0.3 is 9.84 Å². The minimum atomic E-state index is -0.240. The summed E-state index contributed by atoms with van der Waals surface area (Å²) in [6, 6.07) is 5.59. The van der Waals surface area contributed by atoms with Crippen molar-refractivity contribution in [2.75, 3.05) is 19.7 Å². The number of rotatable bonds is 5. The Bertz CT molecular complexity index is 473. The van der Waals surface area contributed by atoms with Crippen molar-refractivity contribution in [3.05, 3.63) is 29.3 Å². The minimum absolute atomic E-state index is 0.0629. The zero-order chi connectivity index (χ0) is 14.5. The van der Waals surface area contributed by atoms with E-state index in [1.54, 1.807) is 6.92 Å². The van der Waals surface area contributed by atoms with Crippen LogP contribution < -0.4 is 4.74 Å². The number of ether oxygens (including phenoxy) is 1. The van der Waals surface area contributed by atoms with Crippen molar-refractivity contribution in [2.45, 2.75) is 39.3 Å². The molecule has 0 aliphatic carbocycles.